The van der Waals surface area contributed by atoms with Crippen molar-refractivity contribution in [2.75, 3.05) is 0 Å². The topological polar surface area (TPSA) is 54.9 Å². The van der Waals surface area contributed by atoms with Gasteiger partial charge in [-0.3, -0.25) is 4.79 Å². The molecule has 146 valence electrons. The maximum absolute atomic E-state index is 12.7. The van der Waals surface area contributed by atoms with E-state index < -0.39 is 17.8 Å². The summed E-state index contributed by atoms with van der Waals surface area (Å²) in [5, 5.41) is 4.00. The second kappa shape index (κ2) is 7.89. The van der Waals surface area contributed by atoms with Crippen LogP contribution in [0.25, 0.3) is 11.3 Å². The maximum Gasteiger partial charge on any atom is 0.433 e. The van der Waals surface area contributed by atoms with Crippen LogP contribution in [0.5, 0.6) is 0 Å². The van der Waals surface area contributed by atoms with Gasteiger partial charge in [0.1, 0.15) is 10.7 Å². The van der Waals surface area contributed by atoms with Gasteiger partial charge in [0.05, 0.1) is 23.5 Å². The smallest absolute Gasteiger partial charge is 0.345 e. The second-order valence-electron chi connectivity index (χ2n) is 6.03. The van der Waals surface area contributed by atoms with Gasteiger partial charge in [0.2, 0.25) is 0 Å². The lowest BCUT2D eigenvalue weighted by molar-refractivity contribution is -0.141. The molecule has 0 fully saturated rings. The fraction of sp³-hybridized carbons (Fsp3) is 0.211. The number of carbonyl (C=O) groups is 1. The molecule has 2 aromatic heterocycles. The SMILES string of the molecule is Cc1nc(C(F)(F)F)ccc1C(=O)NCc1nc(-c2ccc(Cl)cc2)c(C)s1. The summed E-state index contributed by atoms with van der Waals surface area (Å²) >= 11 is 7.34. The first-order valence-electron chi connectivity index (χ1n) is 8.20. The largest absolute Gasteiger partial charge is 0.433 e. The Morgan fingerprint density at radius 1 is 1.11 bits per heavy atom. The Kier molecular flexibility index (Phi) is 5.71. The van der Waals surface area contributed by atoms with Crippen molar-refractivity contribution in [3.05, 3.63) is 68.3 Å². The molecule has 9 heteroatoms. The minimum absolute atomic E-state index is 0.0181. The maximum atomic E-state index is 12.7. The number of nitrogens with one attached hydrogen (secondary N) is 1. The van der Waals surface area contributed by atoms with Crippen molar-refractivity contribution in [3.63, 3.8) is 0 Å². The molecule has 28 heavy (non-hydrogen) atoms. The van der Waals surface area contributed by atoms with Crippen molar-refractivity contribution in [2.45, 2.75) is 26.6 Å². The van der Waals surface area contributed by atoms with Crippen LogP contribution in [-0.4, -0.2) is 15.9 Å². The molecule has 2 heterocycles. The predicted molar refractivity (Wildman–Crippen MR) is 102 cm³/mol. The Bertz CT molecular complexity index is 1020. The van der Waals surface area contributed by atoms with Crippen molar-refractivity contribution < 1.29 is 18.0 Å². The van der Waals surface area contributed by atoms with E-state index in [2.05, 4.69) is 15.3 Å². The van der Waals surface area contributed by atoms with Gasteiger partial charge in [-0.05, 0) is 38.1 Å². The molecule has 1 amide bonds. The summed E-state index contributed by atoms with van der Waals surface area (Å²) in [4.78, 5) is 21.3. The van der Waals surface area contributed by atoms with Crippen molar-refractivity contribution in [2.24, 2.45) is 0 Å². The van der Waals surface area contributed by atoms with Crippen LogP contribution in [0, 0.1) is 13.8 Å². The van der Waals surface area contributed by atoms with Crippen molar-refractivity contribution in [1.82, 2.24) is 15.3 Å². The zero-order chi connectivity index (χ0) is 20.5. The van der Waals surface area contributed by atoms with Crippen molar-refractivity contribution in [3.8, 4) is 11.3 Å². The fourth-order valence-corrected chi connectivity index (χ4v) is 3.63. The third kappa shape index (κ3) is 4.51. The van der Waals surface area contributed by atoms with Crippen LogP contribution in [0.1, 0.15) is 31.6 Å². The minimum Gasteiger partial charge on any atom is -0.345 e. The normalized spacial score (nSPS) is 11.5. The van der Waals surface area contributed by atoms with Gasteiger partial charge in [-0.1, -0.05) is 23.7 Å². The number of hydrogen-bond acceptors (Lipinski definition) is 4. The van der Waals surface area contributed by atoms with Crippen LogP contribution < -0.4 is 5.32 Å². The molecule has 0 saturated carbocycles. The van der Waals surface area contributed by atoms with Gasteiger partial charge in [-0.2, -0.15) is 13.2 Å². The number of pyridine rings is 1. The quantitative estimate of drug-likeness (QED) is 0.606. The zero-order valence-electron chi connectivity index (χ0n) is 14.9. The van der Waals surface area contributed by atoms with Gasteiger partial charge < -0.3 is 5.32 Å². The first-order valence-corrected chi connectivity index (χ1v) is 9.40. The zero-order valence-corrected chi connectivity index (χ0v) is 16.5. The highest BCUT2D eigenvalue weighted by Crippen LogP contribution is 2.29. The van der Waals surface area contributed by atoms with E-state index in [0.29, 0.717) is 10.0 Å². The molecule has 0 aliphatic rings. The van der Waals surface area contributed by atoms with Crippen LogP contribution in [0.3, 0.4) is 0 Å². The highest BCUT2D eigenvalue weighted by atomic mass is 35.5. The number of halogens is 4. The van der Waals surface area contributed by atoms with E-state index >= 15 is 0 Å². The Morgan fingerprint density at radius 2 is 1.79 bits per heavy atom. The van der Waals surface area contributed by atoms with Crippen LogP contribution in [0.15, 0.2) is 36.4 Å². The highest BCUT2D eigenvalue weighted by Gasteiger charge is 2.33. The Balaban J connectivity index is 1.72. The second-order valence-corrected chi connectivity index (χ2v) is 7.75. The average Bonchev–Trinajstić information content (AvgIpc) is 3.00. The third-order valence-corrected chi connectivity index (χ3v) is 5.20. The number of alkyl halides is 3. The summed E-state index contributed by atoms with van der Waals surface area (Å²) in [6.07, 6.45) is -4.55. The summed E-state index contributed by atoms with van der Waals surface area (Å²) in [5.74, 6) is -0.500. The number of carbonyl (C=O) groups excluding carboxylic acids is 1. The summed E-state index contributed by atoms with van der Waals surface area (Å²) in [7, 11) is 0. The van der Waals surface area contributed by atoms with Crippen LogP contribution in [0.4, 0.5) is 13.2 Å². The number of benzene rings is 1. The molecule has 0 atom stereocenters. The molecule has 4 nitrogen and oxygen atoms in total. The molecule has 0 spiro atoms. The highest BCUT2D eigenvalue weighted by molar-refractivity contribution is 7.12. The lowest BCUT2D eigenvalue weighted by Gasteiger charge is -2.10. The summed E-state index contributed by atoms with van der Waals surface area (Å²) in [6, 6.07) is 9.21. The van der Waals surface area contributed by atoms with Gasteiger partial charge in [0.25, 0.3) is 5.91 Å². The molecule has 0 bridgehead atoms. The van der Waals surface area contributed by atoms with E-state index in [4.69, 9.17) is 11.6 Å². The predicted octanol–water partition coefficient (Wildman–Crippen LogP) is 5.42. The average molecular weight is 426 g/mol. The lowest BCUT2D eigenvalue weighted by Crippen LogP contribution is -2.24. The minimum atomic E-state index is -4.55. The molecule has 0 aliphatic carbocycles. The molecular weight excluding hydrogens is 411 g/mol. The Morgan fingerprint density at radius 3 is 2.39 bits per heavy atom. The molecule has 0 aliphatic heterocycles. The number of amides is 1. The van der Waals surface area contributed by atoms with Crippen molar-refractivity contribution in [1.29, 1.82) is 0 Å². The van der Waals surface area contributed by atoms with Gasteiger partial charge in [0.15, 0.2) is 0 Å². The van der Waals surface area contributed by atoms with Gasteiger partial charge in [-0.25, -0.2) is 9.97 Å². The van der Waals surface area contributed by atoms with Crippen LogP contribution in [-0.2, 0) is 12.7 Å². The van der Waals surface area contributed by atoms with E-state index in [9.17, 15) is 18.0 Å². The fourth-order valence-electron chi connectivity index (χ4n) is 2.61. The van der Waals surface area contributed by atoms with E-state index in [-0.39, 0.29) is 17.8 Å². The first kappa shape index (κ1) is 20.3. The molecule has 0 unspecified atom stereocenters. The standard InChI is InChI=1S/C19H15ClF3N3OS/c1-10-14(7-8-15(25-10)19(21,22)23)18(27)24-9-16-26-17(11(2)28-16)12-3-5-13(20)6-4-12/h3-8H,9H2,1-2H3,(H,24,27). The van der Waals surface area contributed by atoms with E-state index in [1.165, 1.54) is 18.3 Å². The summed E-state index contributed by atoms with van der Waals surface area (Å²) in [5.41, 5.74) is 0.810. The number of aromatic nitrogens is 2. The van der Waals surface area contributed by atoms with Gasteiger partial charge in [-0.15, -0.1) is 11.3 Å². The van der Waals surface area contributed by atoms with Crippen LogP contribution >= 0.6 is 22.9 Å². The van der Waals surface area contributed by atoms with Crippen LogP contribution in [0.2, 0.25) is 5.02 Å². The molecule has 0 radical (unpaired) electrons. The third-order valence-electron chi connectivity index (χ3n) is 3.98. The first-order chi connectivity index (χ1) is 13.1. The Hall–Kier alpha value is -2.45. The summed E-state index contributed by atoms with van der Waals surface area (Å²) < 4.78 is 38.1. The molecule has 1 N–H and O–H groups in total. The van der Waals surface area contributed by atoms with E-state index in [0.717, 1.165) is 28.3 Å². The molecule has 3 rings (SSSR count). The molecule has 3 aromatic rings. The number of aryl methyl sites for hydroxylation is 2. The van der Waals surface area contributed by atoms with Gasteiger partial charge >= 0.3 is 6.18 Å². The number of hydrogen-bond donors (Lipinski definition) is 1. The van der Waals surface area contributed by atoms with E-state index in [1.807, 2.05) is 19.1 Å². The molecule has 0 saturated heterocycles. The lowest BCUT2D eigenvalue weighted by atomic mass is 10.1. The van der Waals surface area contributed by atoms with Crippen molar-refractivity contribution >= 4 is 28.8 Å². The van der Waals surface area contributed by atoms with E-state index in [1.54, 1.807) is 12.1 Å². The number of nitrogens with zero attached hydrogens (tertiary/aromatic N) is 2. The molecule has 1 aromatic carbocycles. The number of rotatable bonds is 4. The number of thiazole rings is 1. The molecular formula is C19H15ClF3N3OS. The Labute approximate surface area is 168 Å². The van der Waals surface area contributed by atoms with Gasteiger partial charge in [0, 0.05) is 15.5 Å². The summed E-state index contributed by atoms with van der Waals surface area (Å²) in [6.45, 7) is 3.46. The monoisotopic (exact) mass is 425 g/mol.